The summed E-state index contributed by atoms with van der Waals surface area (Å²) in [6.45, 7) is 4.73. The van der Waals surface area contributed by atoms with E-state index in [0.717, 1.165) is 12.0 Å². The van der Waals surface area contributed by atoms with Crippen LogP contribution < -0.4 is 5.32 Å². The van der Waals surface area contributed by atoms with Crippen molar-refractivity contribution >= 4 is 17.7 Å². The van der Waals surface area contributed by atoms with Gasteiger partial charge in [-0.25, -0.2) is 0 Å². The van der Waals surface area contributed by atoms with Gasteiger partial charge in [0.1, 0.15) is 6.04 Å². The van der Waals surface area contributed by atoms with Gasteiger partial charge < -0.3 is 4.90 Å². The number of carbonyl (C=O) groups excluding carboxylic acids is 3. The van der Waals surface area contributed by atoms with Crippen LogP contribution in [0.5, 0.6) is 0 Å². The molecule has 1 N–H and O–H groups in total. The third-order valence-electron chi connectivity index (χ3n) is 4.76. The molecule has 2 aliphatic rings. The van der Waals surface area contributed by atoms with Gasteiger partial charge in [0, 0.05) is 18.5 Å². The number of nitrogens with zero attached hydrogens (tertiary/aromatic N) is 1. The monoisotopic (exact) mass is 300 g/mol. The van der Waals surface area contributed by atoms with E-state index in [1.165, 1.54) is 5.56 Å². The van der Waals surface area contributed by atoms with E-state index >= 15 is 0 Å². The lowest BCUT2D eigenvalue weighted by molar-refractivity contribution is -0.136. The quantitative estimate of drug-likeness (QED) is 0.868. The first-order chi connectivity index (χ1) is 10.5. The zero-order valence-corrected chi connectivity index (χ0v) is 12.9. The minimum atomic E-state index is -0.539. The van der Waals surface area contributed by atoms with Crippen molar-refractivity contribution in [3.05, 3.63) is 34.9 Å². The van der Waals surface area contributed by atoms with Gasteiger partial charge in [-0.3, -0.25) is 19.7 Å². The molecule has 1 unspecified atom stereocenters. The van der Waals surface area contributed by atoms with E-state index in [9.17, 15) is 14.4 Å². The van der Waals surface area contributed by atoms with Gasteiger partial charge in [0.2, 0.25) is 11.8 Å². The van der Waals surface area contributed by atoms with Crippen LogP contribution in [0.25, 0.3) is 0 Å². The van der Waals surface area contributed by atoms with Gasteiger partial charge in [-0.05, 0) is 36.0 Å². The molecule has 0 radical (unpaired) electrons. The molecule has 1 saturated heterocycles. The summed E-state index contributed by atoms with van der Waals surface area (Å²) in [4.78, 5) is 37.6. The zero-order chi connectivity index (χ0) is 15.9. The largest absolute Gasteiger partial charge is 0.322 e. The summed E-state index contributed by atoms with van der Waals surface area (Å²) < 4.78 is 0. The van der Waals surface area contributed by atoms with Crippen molar-refractivity contribution in [1.29, 1.82) is 0 Å². The van der Waals surface area contributed by atoms with Crippen LogP contribution in [0.1, 0.15) is 60.5 Å². The number of fused-ring (bicyclic) bond motifs is 1. The molecule has 2 atom stereocenters. The first kappa shape index (κ1) is 14.8. The highest BCUT2D eigenvalue weighted by Gasteiger charge is 2.39. The van der Waals surface area contributed by atoms with Crippen molar-refractivity contribution in [1.82, 2.24) is 10.2 Å². The highest BCUT2D eigenvalue weighted by molar-refractivity contribution is 6.05. The molecule has 5 heteroatoms. The van der Waals surface area contributed by atoms with Crippen LogP contribution in [0.3, 0.4) is 0 Å². The smallest absolute Gasteiger partial charge is 0.255 e. The standard InChI is InChI=1S/C17H20N2O3/c1-3-10(2)11-5-4-6-12-13(11)9-19(17(12)22)14-7-8-15(20)18-16(14)21/h4-6,10,14H,3,7-9H2,1-2H3,(H,18,20,21)/t10?,14-/m1/s1. The third-order valence-corrected chi connectivity index (χ3v) is 4.76. The Kier molecular flexibility index (Phi) is 3.72. The molecule has 1 fully saturated rings. The highest BCUT2D eigenvalue weighted by atomic mass is 16.2. The minimum Gasteiger partial charge on any atom is -0.322 e. The molecule has 5 nitrogen and oxygen atoms in total. The van der Waals surface area contributed by atoms with Crippen molar-refractivity contribution < 1.29 is 14.4 Å². The first-order valence-corrected chi connectivity index (χ1v) is 7.79. The fourth-order valence-corrected chi connectivity index (χ4v) is 3.29. The van der Waals surface area contributed by atoms with Crippen molar-refractivity contribution in [2.75, 3.05) is 0 Å². The molecule has 116 valence electrons. The Morgan fingerprint density at radius 2 is 2.09 bits per heavy atom. The van der Waals surface area contributed by atoms with Gasteiger partial charge in [0.05, 0.1) is 0 Å². The Labute approximate surface area is 129 Å². The van der Waals surface area contributed by atoms with Gasteiger partial charge >= 0.3 is 0 Å². The van der Waals surface area contributed by atoms with Crippen LogP contribution in [0, 0.1) is 0 Å². The fraction of sp³-hybridized carbons (Fsp3) is 0.471. The maximum Gasteiger partial charge on any atom is 0.255 e. The molecule has 2 heterocycles. The van der Waals surface area contributed by atoms with Gasteiger partial charge in [0.15, 0.2) is 0 Å². The highest BCUT2D eigenvalue weighted by Crippen LogP contribution is 2.33. The molecule has 0 aliphatic carbocycles. The van der Waals surface area contributed by atoms with Crippen LogP contribution >= 0.6 is 0 Å². The summed E-state index contributed by atoms with van der Waals surface area (Å²) in [6, 6.07) is 5.26. The lowest BCUT2D eigenvalue weighted by atomic mass is 9.92. The van der Waals surface area contributed by atoms with Gasteiger partial charge in [-0.15, -0.1) is 0 Å². The van der Waals surface area contributed by atoms with Crippen LogP contribution in [0.2, 0.25) is 0 Å². The van der Waals surface area contributed by atoms with Gasteiger partial charge in [-0.1, -0.05) is 26.0 Å². The first-order valence-electron chi connectivity index (χ1n) is 7.79. The fourth-order valence-electron chi connectivity index (χ4n) is 3.29. The second kappa shape index (κ2) is 5.55. The van der Waals surface area contributed by atoms with Crippen molar-refractivity contribution in [2.24, 2.45) is 0 Å². The summed E-state index contributed by atoms with van der Waals surface area (Å²) in [5.74, 6) is -0.340. The number of carbonyl (C=O) groups is 3. The Balaban J connectivity index is 1.91. The molecule has 1 aromatic rings. The number of nitrogens with one attached hydrogen (secondary N) is 1. The number of piperidine rings is 1. The molecule has 22 heavy (non-hydrogen) atoms. The predicted molar refractivity (Wildman–Crippen MR) is 81.2 cm³/mol. The topological polar surface area (TPSA) is 66.5 Å². The number of hydrogen-bond donors (Lipinski definition) is 1. The van der Waals surface area contributed by atoms with E-state index in [-0.39, 0.29) is 24.1 Å². The summed E-state index contributed by atoms with van der Waals surface area (Å²) in [5.41, 5.74) is 2.91. The van der Waals surface area contributed by atoms with Crippen LogP contribution in [-0.4, -0.2) is 28.7 Å². The maximum atomic E-state index is 12.6. The van der Waals surface area contributed by atoms with E-state index in [1.54, 1.807) is 4.90 Å². The lowest BCUT2D eigenvalue weighted by Gasteiger charge is -2.29. The average Bonchev–Trinajstić information content (AvgIpc) is 2.84. The minimum absolute atomic E-state index is 0.102. The summed E-state index contributed by atoms with van der Waals surface area (Å²) in [7, 11) is 0. The van der Waals surface area contributed by atoms with Crippen molar-refractivity contribution in [2.45, 2.75) is 51.6 Å². The van der Waals surface area contributed by atoms with Crippen molar-refractivity contribution in [3.8, 4) is 0 Å². The molecule has 0 spiro atoms. The predicted octanol–water partition coefficient (Wildman–Crippen LogP) is 1.96. The van der Waals surface area contributed by atoms with Gasteiger partial charge in [-0.2, -0.15) is 0 Å². The summed E-state index contributed by atoms with van der Waals surface area (Å²) >= 11 is 0. The molecular weight excluding hydrogens is 280 g/mol. The maximum absolute atomic E-state index is 12.6. The van der Waals surface area contributed by atoms with Crippen molar-refractivity contribution in [3.63, 3.8) is 0 Å². The normalized spacial score (nSPS) is 22.5. The molecule has 0 bridgehead atoms. The number of benzene rings is 1. The molecule has 2 aliphatic heterocycles. The Bertz CT molecular complexity index is 653. The van der Waals surface area contributed by atoms with E-state index in [4.69, 9.17) is 0 Å². The lowest BCUT2D eigenvalue weighted by Crippen LogP contribution is -2.52. The summed E-state index contributed by atoms with van der Waals surface area (Å²) in [5, 5.41) is 2.33. The summed E-state index contributed by atoms with van der Waals surface area (Å²) in [6.07, 6.45) is 1.70. The Hall–Kier alpha value is -2.17. The molecule has 3 rings (SSSR count). The van der Waals surface area contributed by atoms with E-state index < -0.39 is 6.04 Å². The SMILES string of the molecule is CCC(C)c1cccc2c1CN([C@@H]1CCC(=O)NC1=O)C2=O. The Morgan fingerprint density at radius 3 is 2.77 bits per heavy atom. The molecule has 0 aromatic heterocycles. The van der Waals surface area contributed by atoms with Crippen LogP contribution in [0.4, 0.5) is 0 Å². The van der Waals surface area contributed by atoms with E-state index in [1.807, 2.05) is 12.1 Å². The zero-order valence-electron chi connectivity index (χ0n) is 12.9. The van der Waals surface area contributed by atoms with E-state index in [0.29, 0.717) is 24.4 Å². The number of rotatable bonds is 3. The van der Waals surface area contributed by atoms with Gasteiger partial charge in [0.25, 0.3) is 5.91 Å². The third kappa shape index (κ3) is 2.30. The van der Waals surface area contributed by atoms with Crippen LogP contribution in [-0.2, 0) is 16.1 Å². The molecule has 1 aromatic carbocycles. The van der Waals surface area contributed by atoms with E-state index in [2.05, 4.69) is 25.2 Å². The second-order valence-corrected chi connectivity index (χ2v) is 6.08. The molecule has 0 saturated carbocycles. The van der Waals surface area contributed by atoms with Crippen LogP contribution in [0.15, 0.2) is 18.2 Å². The number of amides is 3. The average molecular weight is 300 g/mol. The molecule has 3 amide bonds. The number of hydrogen-bond acceptors (Lipinski definition) is 3. The Morgan fingerprint density at radius 1 is 1.32 bits per heavy atom. The number of imide groups is 1. The second-order valence-electron chi connectivity index (χ2n) is 6.08. The molecular formula is C17H20N2O3.